The van der Waals surface area contributed by atoms with Gasteiger partial charge in [-0.25, -0.2) is 24.2 Å². The number of carbonyl (C=O) groups is 1. The Morgan fingerprint density at radius 3 is 2.89 bits per heavy atom. The van der Waals surface area contributed by atoms with E-state index in [4.69, 9.17) is 21.7 Å². The molecule has 0 saturated heterocycles. The Balaban J connectivity index is 1.36. The predicted octanol–water partition coefficient (Wildman–Crippen LogP) is 4.04. The van der Waals surface area contributed by atoms with E-state index in [1.807, 2.05) is 0 Å². The molecule has 0 bridgehead atoms. The van der Waals surface area contributed by atoms with Crippen LogP contribution in [-0.4, -0.2) is 37.3 Å². The molecule has 6 rings (SSSR count). The fourth-order valence-electron chi connectivity index (χ4n) is 4.44. The summed E-state index contributed by atoms with van der Waals surface area (Å²) >= 11 is 7.05. The van der Waals surface area contributed by atoms with E-state index in [9.17, 15) is 14.0 Å². The topological polar surface area (TPSA) is 141 Å². The van der Waals surface area contributed by atoms with E-state index in [1.165, 1.54) is 17.6 Å². The lowest BCUT2D eigenvalue weighted by atomic mass is 10.1. The van der Waals surface area contributed by atoms with Crippen molar-refractivity contribution in [3.63, 3.8) is 0 Å². The molecular weight excluding hydrogens is 511 g/mol. The molecule has 36 heavy (non-hydrogen) atoms. The van der Waals surface area contributed by atoms with Crippen LogP contribution in [0.4, 0.5) is 10.1 Å². The molecule has 5 heterocycles. The summed E-state index contributed by atoms with van der Waals surface area (Å²) in [7, 11) is 0. The van der Waals surface area contributed by atoms with Crippen molar-refractivity contribution < 1.29 is 14.3 Å². The van der Waals surface area contributed by atoms with Gasteiger partial charge in [0, 0.05) is 34.0 Å². The first-order valence-electron chi connectivity index (χ1n) is 10.8. The quantitative estimate of drug-likeness (QED) is 0.356. The SMILES string of the molecule is O=C(O)c1scc(-c2cnc([C@@H]3CCc4nc(-c5cc(Cl)ccc5N5CN=NN5)cc(=O)n43)[nH]2)c1F. The van der Waals surface area contributed by atoms with E-state index in [2.05, 4.69) is 25.8 Å². The Labute approximate surface area is 210 Å². The lowest BCUT2D eigenvalue weighted by molar-refractivity contribution is 0.0698. The number of H-pyrrole nitrogens is 1. The number of aromatic carboxylic acids is 1. The molecule has 0 spiro atoms. The minimum absolute atomic E-state index is 0.123. The van der Waals surface area contributed by atoms with Crippen LogP contribution in [0.15, 0.2) is 51.0 Å². The molecule has 0 fully saturated rings. The Hall–Kier alpha value is -4.10. The number of rotatable bonds is 5. The van der Waals surface area contributed by atoms with Gasteiger partial charge in [0.2, 0.25) is 0 Å². The molecule has 0 amide bonds. The van der Waals surface area contributed by atoms with Gasteiger partial charge in [0.05, 0.1) is 29.3 Å². The molecule has 1 aromatic carbocycles. The first-order chi connectivity index (χ1) is 17.4. The standard InChI is InChI=1S/C22H16ClFN8O3S/c23-10-1-2-15(31-9-26-29-30-31)11(5-10)13-6-18(33)32-16(3-4-17(32)27-13)21-25-7-14(28-21)12-8-36-20(19(12)24)22(34)35/h1-2,5-8,16H,3-4,9H2,(H,25,28)(H,26,30)(H,34,35)/t16-/m0/s1. The van der Waals surface area contributed by atoms with Crippen molar-refractivity contribution in [1.29, 1.82) is 0 Å². The maximum Gasteiger partial charge on any atom is 0.348 e. The van der Waals surface area contributed by atoms with Gasteiger partial charge in [0.15, 0.2) is 12.5 Å². The number of carboxylic acid groups (broad SMARTS) is 1. The average Bonchev–Trinajstić information content (AvgIpc) is 3.64. The summed E-state index contributed by atoms with van der Waals surface area (Å²) in [5.74, 6) is -1.09. The molecule has 0 unspecified atom stereocenters. The van der Waals surface area contributed by atoms with Gasteiger partial charge in [-0.05, 0) is 24.6 Å². The Bertz CT molecular complexity index is 1610. The normalized spacial score (nSPS) is 16.4. The van der Waals surface area contributed by atoms with Crippen LogP contribution in [0.5, 0.6) is 0 Å². The number of aryl methyl sites for hydroxylation is 1. The number of benzene rings is 1. The van der Waals surface area contributed by atoms with Gasteiger partial charge in [-0.1, -0.05) is 16.8 Å². The largest absolute Gasteiger partial charge is 0.477 e. The number of carboxylic acids is 1. The lowest BCUT2D eigenvalue weighted by Gasteiger charge is -2.19. The van der Waals surface area contributed by atoms with Gasteiger partial charge in [-0.3, -0.25) is 9.36 Å². The van der Waals surface area contributed by atoms with Gasteiger partial charge in [-0.2, -0.15) is 5.53 Å². The summed E-state index contributed by atoms with van der Waals surface area (Å²) in [6.07, 6.45) is 2.54. The van der Waals surface area contributed by atoms with Crippen LogP contribution in [0, 0.1) is 5.82 Å². The van der Waals surface area contributed by atoms with E-state index in [-0.39, 0.29) is 16.0 Å². The maximum atomic E-state index is 14.5. The number of hydrogen-bond donors (Lipinski definition) is 3. The molecular formula is C22H16ClFN8O3S. The number of anilines is 1. The number of nitrogens with one attached hydrogen (secondary N) is 2. The zero-order chi connectivity index (χ0) is 25.0. The molecule has 0 saturated carbocycles. The van der Waals surface area contributed by atoms with E-state index < -0.39 is 17.8 Å². The molecule has 3 N–H and O–H groups in total. The third kappa shape index (κ3) is 3.63. The number of fused-ring (bicyclic) bond motifs is 1. The fourth-order valence-corrected chi connectivity index (χ4v) is 5.40. The van der Waals surface area contributed by atoms with Crippen LogP contribution in [0.25, 0.3) is 22.5 Å². The number of hydrogen-bond acceptors (Lipinski definition) is 9. The zero-order valence-electron chi connectivity index (χ0n) is 18.3. The minimum Gasteiger partial charge on any atom is -0.477 e. The third-order valence-electron chi connectivity index (χ3n) is 6.07. The van der Waals surface area contributed by atoms with Gasteiger partial charge in [0.1, 0.15) is 16.5 Å². The van der Waals surface area contributed by atoms with E-state index >= 15 is 0 Å². The molecule has 2 aliphatic heterocycles. The number of aromatic nitrogens is 4. The highest BCUT2D eigenvalue weighted by Crippen LogP contribution is 2.35. The third-order valence-corrected chi connectivity index (χ3v) is 7.25. The van der Waals surface area contributed by atoms with Gasteiger partial charge >= 0.3 is 5.97 Å². The number of hydrazine groups is 1. The first kappa shape index (κ1) is 22.4. The Morgan fingerprint density at radius 1 is 1.28 bits per heavy atom. The molecule has 4 aromatic rings. The summed E-state index contributed by atoms with van der Waals surface area (Å²) in [5, 5.41) is 20.4. The molecule has 0 aliphatic carbocycles. The second-order valence-electron chi connectivity index (χ2n) is 8.17. The highest BCUT2D eigenvalue weighted by Gasteiger charge is 2.30. The fraction of sp³-hybridized carbons (Fsp3) is 0.182. The highest BCUT2D eigenvalue weighted by molar-refractivity contribution is 7.12. The molecule has 3 aromatic heterocycles. The van der Waals surface area contributed by atoms with Crippen LogP contribution in [0.2, 0.25) is 5.02 Å². The second kappa shape index (κ2) is 8.53. The Morgan fingerprint density at radius 2 is 2.14 bits per heavy atom. The molecule has 11 nitrogen and oxygen atoms in total. The summed E-state index contributed by atoms with van der Waals surface area (Å²) in [4.78, 5) is 36.3. The van der Waals surface area contributed by atoms with Crippen LogP contribution in [0.3, 0.4) is 0 Å². The van der Waals surface area contributed by atoms with Crippen molar-refractivity contribution in [3.8, 4) is 22.5 Å². The summed E-state index contributed by atoms with van der Waals surface area (Å²) in [5.41, 5.74) is 4.85. The van der Waals surface area contributed by atoms with Crippen molar-refractivity contribution in [2.24, 2.45) is 10.3 Å². The summed E-state index contributed by atoms with van der Waals surface area (Å²) < 4.78 is 16.1. The second-order valence-corrected chi connectivity index (χ2v) is 9.49. The summed E-state index contributed by atoms with van der Waals surface area (Å²) in [6, 6.07) is 6.31. The summed E-state index contributed by atoms with van der Waals surface area (Å²) in [6.45, 7) is 0.306. The van der Waals surface area contributed by atoms with Crippen molar-refractivity contribution in [1.82, 2.24) is 25.1 Å². The number of thiophene rings is 1. The van der Waals surface area contributed by atoms with Crippen LogP contribution in [-0.2, 0) is 6.42 Å². The molecule has 1 atom stereocenters. The molecule has 2 aliphatic rings. The van der Waals surface area contributed by atoms with E-state index in [1.54, 1.807) is 27.8 Å². The zero-order valence-corrected chi connectivity index (χ0v) is 19.8. The van der Waals surface area contributed by atoms with Crippen LogP contribution < -0.4 is 16.1 Å². The van der Waals surface area contributed by atoms with Crippen molar-refractivity contribution in [2.75, 3.05) is 11.7 Å². The van der Waals surface area contributed by atoms with E-state index in [0.717, 1.165) is 17.0 Å². The number of imidazole rings is 1. The molecule has 182 valence electrons. The lowest BCUT2D eigenvalue weighted by Crippen LogP contribution is -2.30. The van der Waals surface area contributed by atoms with Crippen molar-refractivity contribution >= 4 is 34.6 Å². The predicted molar refractivity (Wildman–Crippen MR) is 130 cm³/mol. The van der Waals surface area contributed by atoms with Crippen molar-refractivity contribution in [2.45, 2.75) is 18.9 Å². The minimum atomic E-state index is -1.33. The van der Waals surface area contributed by atoms with Gasteiger partial charge in [-0.15, -0.1) is 16.5 Å². The monoisotopic (exact) mass is 526 g/mol. The van der Waals surface area contributed by atoms with Crippen LogP contribution in [0.1, 0.15) is 33.8 Å². The van der Waals surface area contributed by atoms with Crippen LogP contribution >= 0.6 is 22.9 Å². The Kier molecular flexibility index (Phi) is 5.30. The van der Waals surface area contributed by atoms with Crippen molar-refractivity contribution in [3.05, 3.63) is 73.6 Å². The van der Waals surface area contributed by atoms with E-state index in [0.29, 0.717) is 53.1 Å². The molecule has 0 radical (unpaired) electrons. The number of nitrogens with zero attached hydrogens (tertiary/aromatic N) is 6. The smallest absolute Gasteiger partial charge is 0.348 e. The molecule has 14 heteroatoms. The maximum absolute atomic E-state index is 14.5. The van der Waals surface area contributed by atoms with Gasteiger partial charge in [0.25, 0.3) is 5.56 Å². The number of halogens is 2. The number of aromatic amines is 1. The first-order valence-corrected chi connectivity index (χ1v) is 12.0. The van der Waals surface area contributed by atoms with Gasteiger partial charge < -0.3 is 10.1 Å². The highest BCUT2D eigenvalue weighted by atomic mass is 35.5. The average molecular weight is 527 g/mol.